The highest BCUT2D eigenvalue weighted by molar-refractivity contribution is 6.29. The Bertz CT molecular complexity index is 2230. The molecular formula is C40H27N. The van der Waals surface area contributed by atoms with Crippen molar-refractivity contribution in [2.24, 2.45) is 0 Å². The van der Waals surface area contributed by atoms with E-state index in [4.69, 9.17) is 0 Å². The van der Waals surface area contributed by atoms with Crippen molar-refractivity contribution in [3.8, 4) is 39.1 Å². The normalized spacial score (nSPS) is 15.3. The third kappa shape index (κ3) is 3.30. The first kappa shape index (κ1) is 22.7. The third-order valence-corrected chi connectivity index (χ3v) is 9.02. The minimum absolute atomic E-state index is 0.364. The topological polar surface area (TPSA) is 4.93 Å². The van der Waals surface area contributed by atoms with Crippen LogP contribution in [-0.2, 0) is 0 Å². The Morgan fingerprint density at radius 2 is 1.27 bits per heavy atom. The first-order valence-electron chi connectivity index (χ1n) is 14.5. The molecule has 0 saturated carbocycles. The molecule has 41 heavy (non-hydrogen) atoms. The van der Waals surface area contributed by atoms with Crippen molar-refractivity contribution in [2.45, 2.75) is 12.3 Å². The molecule has 1 atom stereocenters. The van der Waals surface area contributed by atoms with Crippen LogP contribution in [-0.4, -0.2) is 4.57 Å². The lowest BCUT2D eigenvalue weighted by Gasteiger charge is -2.18. The van der Waals surface area contributed by atoms with Gasteiger partial charge in [0, 0.05) is 22.4 Å². The zero-order chi connectivity index (χ0) is 26.9. The summed E-state index contributed by atoms with van der Waals surface area (Å²) in [6.07, 6.45) is 9.99. The number of nitrogens with zero attached hydrogens (tertiary/aromatic N) is 1. The first-order chi connectivity index (χ1) is 20.3. The number of rotatable bonds is 3. The Balaban J connectivity index is 1.40. The van der Waals surface area contributed by atoms with E-state index in [1.807, 2.05) is 0 Å². The number of fused-ring (bicyclic) bond motifs is 7. The van der Waals surface area contributed by atoms with Gasteiger partial charge in [-0.2, -0.15) is 0 Å². The van der Waals surface area contributed by atoms with E-state index < -0.39 is 0 Å². The van der Waals surface area contributed by atoms with Gasteiger partial charge in [0.25, 0.3) is 0 Å². The van der Waals surface area contributed by atoms with Crippen LogP contribution in [0.25, 0.3) is 71.6 Å². The van der Waals surface area contributed by atoms with Crippen molar-refractivity contribution >= 4 is 32.6 Å². The smallest absolute Gasteiger partial charge is 0.0553 e. The highest BCUT2D eigenvalue weighted by Crippen LogP contribution is 2.51. The molecule has 1 aromatic heterocycles. The van der Waals surface area contributed by atoms with Crippen LogP contribution in [0.2, 0.25) is 0 Å². The van der Waals surface area contributed by atoms with Gasteiger partial charge in [0.05, 0.1) is 11.0 Å². The van der Waals surface area contributed by atoms with Crippen LogP contribution in [0.4, 0.5) is 0 Å². The Morgan fingerprint density at radius 3 is 2.12 bits per heavy atom. The molecule has 192 valence electrons. The van der Waals surface area contributed by atoms with Crippen LogP contribution in [0.5, 0.6) is 0 Å². The van der Waals surface area contributed by atoms with E-state index in [2.05, 4.69) is 150 Å². The fourth-order valence-electron chi connectivity index (χ4n) is 7.21. The quantitative estimate of drug-likeness (QED) is 0.218. The fourth-order valence-corrected chi connectivity index (χ4v) is 7.21. The summed E-state index contributed by atoms with van der Waals surface area (Å²) < 4.78 is 2.51. The van der Waals surface area contributed by atoms with E-state index in [-0.39, 0.29) is 0 Å². The average Bonchev–Trinajstić information content (AvgIpc) is 3.56. The zero-order valence-corrected chi connectivity index (χ0v) is 22.6. The molecule has 7 aromatic rings. The molecule has 0 bridgehead atoms. The van der Waals surface area contributed by atoms with Crippen molar-refractivity contribution in [1.82, 2.24) is 4.57 Å². The summed E-state index contributed by atoms with van der Waals surface area (Å²) in [5.41, 5.74) is 12.9. The predicted molar refractivity (Wildman–Crippen MR) is 174 cm³/mol. The molecular weight excluding hydrogens is 494 g/mol. The summed E-state index contributed by atoms with van der Waals surface area (Å²) in [7, 11) is 0. The molecule has 0 fully saturated rings. The number of hydrogen-bond donors (Lipinski definition) is 0. The number of allylic oxidation sites excluding steroid dienone is 4. The SMILES string of the molecule is C1=CCC(c2cc(-c3ccccc3)cc(-n3c4ccccc4c4c5cccc6c5c(cc43)-c3ccccc3-6)c2)C=C1. The number of hydrogen-bond acceptors (Lipinski definition) is 0. The number of benzene rings is 6. The van der Waals surface area contributed by atoms with Crippen molar-refractivity contribution in [2.75, 3.05) is 0 Å². The van der Waals surface area contributed by atoms with E-state index >= 15 is 0 Å². The molecule has 0 saturated heterocycles. The summed E-state index contributed by atoms with van der Waals surface area (Å²) in [6, 6.07) is 45.0. The van der Waals surface area contributed by atoms with Gasteiger partial charge in [0.2, 0.25) is 0 Å². The van der Waals surface area contributed by atoms with E-state index in [9.17, 15) is 0 Å². The minimum atomic E-state index is 0.364. The molecule has 0 radical (unpaired) electrons. The summed E-state index contributed by atoms with van der Waals surface area (Å²) in [6.45, 7) is 0. The number of aromatic nitrogens is 1. The Hall–Kier alpha value is -5.14. The van der Waals surface area contributed by atoms with Gasteiger partial charge in [0.1, 0.15) is 0 Å². The molecule has 1 unspecified atom stereocenters. The summed E-state index contributed by atoms with van der Waals surface area (Å²) in [5, 5.41) is 5.35. The molecule has 2 aliphatic carbocycles. The van der Waals surface area contributed by atoms with Gasteiger partial charge in [-0.05, 0) is 80.4 Å². The van der Waals surface area contributed by atoms with Crippen LogP contribution >= 0.6 is 0 Å². The maximum absolute atomic E-state index is 2.51. The van der Waals surface area contributed by atoms with E-state index in [1.165, 1.54) is 77.2 Å². The van der Waals surface area contributed by atoms with Crippen molar-refractivity contribution < 1.29 is 0 Å². The zero-order valence-electron chi connectivity index (χ0n) is 22.6. The molecule has 0 aliphatic heterocycles. The Labute approximate surface area is 239 Å². The van der Waals surface area contributed by atoms with Gasteiger partial charge >= 0.3 is 0 Å². The largest absolute Gasteiger partial charge is 0.309 e. The predicted octanol–water partition coefficient (Wildman–Crippen LogP) is 10.9. The van der Waals surface area contributed by atoms with Gasteiger partial charge in [-0.3, -0.25) is 0 Å². The van der Waals surface area contributed by atoms with E-state index in [0.29, 0.717) is 5.92 Å². The van der Waals surface area contributed by atoms with Crippen molar-refractivity contribution in [3.63, 3.8) is 0 Å². The van der Waals surface area contributed by atoms with Crippen LogP contribution in [0, 0.1) is 0 Å². The molecule has 9 rings (SSSR count). The second kappa shape index (κ2) is 8.68. The van der Waals surface area contributed by atoms with Crippen LogP contribution in [0.15, 0.2) is 146 Å². The average molecular weight is 522 g/mol. The van der Waals surface area contributed by atoms with Gasteiger partial charge in [-0.15, -0.1) is 0 Å². The lowest BCUT2D eigenvalue weighted by molar-refractivity contribution is 0.852. The van der Waals surface area contributed by atoms with Gasteiger partial charge in [-0.25, -0.2) is 0 Å². The monoisotopic (exact) mass is 521 g/mol. The standard InChI is InChI=1S/C40H27N/c1-3-12-26(13-4-1)28-22-29(27-14-5-2-6-15-27)24-30(23-28)41-37-21-10-9-18-34(37)40-35-20-11-19-33-31-16-7-8-17-32(31)36(39(33)35)25-38(40)41/h1-14,16-25,27H,15H2. The first-order valence-corrected chi connectivity index (χ1v) is 14.5. The second-order valence-corrected chi connectivity index (χ2v) is 11.3. The van der Waals surface area contributed by atoms with Crippen LogP contribution in [0.3, 0.4) is 0 Å². The third-order valence-electron chi connectivity index (χ3n) is 9.02. The molecule has 1 heterocycles. The van der Waals surface area contributed by atoms with Crippen LogP contribution in [0.1, 0.15) is 17.9 Å². The summed E-state index contributed by atoms with van der Waals surface area (Å²) >= 11 is 0. The van der Waals surface area contributed by atoms with E-state index in [1.54, 1.807) is 0 Å². The van der Waals surface area contributed by atoms with Crippen molar-refractivity contribution in [3.05, 3.63) is 151 Å². The number of para-hydroxylation sites is 1. The van der Waals surface area contributed by atoms with E-state index in [0.717, 1.165) is 6.42 Å². The van der Waals surface area contributed by atoms with Crippen LogP contribution < -0.4 is 0 Å². The maximum atomic E-state index is 2.51. The lowest BCUT2D eigenvalue weighted by atomic mass is 9.89. The highest BCUT2D eigenvalue weighted by atomic mass is 15.0. The molecule has 0 spiro atoms. The minimum Gasteiger partial charge on any atom is -0.309 e. The maximum Gasteiger partial charge on any atom is 0.0553 e. The Kier molecular flexibility index (Phi) is 4.80. The molecule has 6 aromatic carbocycles. The fraction of sp³-hybridized carbons (Fsp3) is 0.0500. The summed E-state index contributed by atoms with van der Waals surface area (Å²) in [5.74, 6) is 0.364. The van der Waals surface area contributed by atoms with Gasteiger partial charge in [0.15, 0.2) is 0 Å². The van der Waals surface area contributed by atoms with Gasteiger partial charge < -0.3 is 4.57 Å². The molecule has 1 nitrogen and oxygen atoms in total. The molecule has 0 N–H and O–H groups in total. The van der Waals surface area contributed by atoms with Crippen molar-refractivity contribution in [1.29, 1.82) is 0 Å². The van der Waals surface area contributed by atoms with Gasteiger partial charge in [-0.1, -0.05) is 121 Å². The molecule has 0 amide bonds. The lowest BCUT2D eigenvalue weighted by Crippen LogP contribution is -2.01. The molecule has 2 aliphatic rings. The Morgan fingerprint density at radius 1 is 0.512 bits per heavy atom. The molecule has 1 heteroatoms. The second-order valence-electron chi connectivity index (χ2n) is 11.3. The highest BCUT2D eigenvalue weighted by Gasteiger charge is 2.25. The summed E-state index contributed by atoms with van der Waals surface area (Å²) in [4.78, 5) is 0.